The Hall–Kier alpha value is -1.35. The van der Waals surface area contributed by atoms with E-state index in [1.54, 1.807) is 17.0 Å². The van der Waals surface area contributed by atoms with Crippen LogP contribution < -0.4 is 0 Å². The van der Waals surface area contributed by atoms with Gasteiger partial charge in [0.1, 0.15) is 0 Å². The molecule has 0 aliphatic rings. The number of aliphatic hydroxyl groups excluding tert-OH is 1. The normalized spacial score (nSPS) is 12.6. The molecule has 0 bridgehead atoms. The van der Waals surface area contributed by atoms with Crippen LogP contribution in [0, 0.1) is 0 Å². The molecule has 0 aliphatic carbocycles. The molecule has 0 saturated carbocycles. The fourth-order valence-electron chi connectivity index (χ4n) is 1.76. The average molecular weight is 221 g/mol. The van der Waals surface area contributed by atoms with Gasteiger partial charge in [0.05, 0.1) is 12.6 Å². The van der Waals surface area contributed by atoms with Crippen molar-refractivity contribution in [3.8, 4) is 0 Å². The summed E-state index contributed by atoms with van der Waals surface area (Å²) < 4.78 is 0. The maximum atomic E-state index is 12.2. The van der Waals surface area contributed by atoms with E-state index in [4.69, 9.17) is 5.11 Å². The zero-order valence-corrected chi connectivity index (χ0v) is 10.1. The third kappa shape index (κ3) is 2.83. The van der Waals surface area contributed by atoms with Gasteiger partial charge in [0.15, 0.2) is 0 Å². The number of rotatable bonds is 4. The summed E-state index contributed by atoms with van der Waals surface area (Å²) in [6, 6.07) is 9.07. The first-order chi connectivity index (χ1) is 7.57. The van der Waals surface area contributed by atoms with Crippen LogP contribution in [0.4, 0.5) is 0 Å². The summed E-state index contributed by atoms with van der Waals surface area (Å²) in [4.78, 5) is 13.9. The Morgan fingerprint density at radius 2 is 1.81 bits per heavy atom. The molecule has 0 saturated heterocycles. The minimum Gasteiger partial charge on any atom is -0.394 e. The fraction of sp³-hybridized carbons (Fsp3) is 0.462. The molecule has 3 heteroatoms. The van der Waals surface area contributed by atoms with Gasteiger partial charge in [-0.25, -0.2) is 0 Å². The predicted molar refractivity (Wildman–Crippen MR) is 64.3 cm³/mol. The third-order valence-corrected chi connectivity index (χ3v) is 2.55. The van der Waals surface area contributed by atoms with Crippen molar-refractivity contribution in [3.63, 3.8) is 0 Å². The molecule has 0 spiro atoms. The Morgan fingerprint density at radius 1 is 1.25 bits per heavy atom. The molecule has 0 heterocycles. The number of aliphatic hydroxyl groups is 1. The van der Waals surface area contributed by atoms with E-state index in [1.807, 2.05) is 39.0 Å². The molecule has 1 aromatic carbocycles. The van der Waals surface area contributed by atoms with E-state index in [0.29, 0.717) is 5.56 Å². The summed E-state index contributed by atoms with van der Waals surface area (Å²) in [7, 11) is 0. The molecule has 1 amide bonds. The molecule has 0 fully saturated rings. The van der Waals surface area contributed by atoms with Crippen molar-refractivity contribution < 1.29 is 9.90 Å². The minimum atomic E-state index is -0.160. The van der Waals surface area contributed by atoms with Gasteiger partial charge in [-0.2, -0.15) is 0 Å². The molecule has 16 heavy (non-hydrogen) atoms. The second-order valence-corrected chi connectivity index (χ2v) is 4.20. The summed E-state index contributed by atoms with van der Waals surface area (Å²) in [6.45, 7) is 5.73. The van der Waals surface area contributed by atoms with Gasteiger partial charge in [0.25, 0.3) is 5.91 Å². The second kappa shape index (κ2) is 5.66. The first-order valence-electron chi connectivity index (χ1n) is 5.56. The largest absolute Gasteiger partial charge is 0.394 e. The molecule has 3 nitrogen and oxygen atoms in total. The highest BCUT2D eigenvalue weighted by atomic mass is 16.3. The van der Waals surface area contributed by atoms with Gasteiger partial charge in [-0.15, -0.1) is 0 Å². The van der Waals surface area contributed by atoms with Crippen molar-refractivity contribution in [2.24, 2.45) is 0 Å². The van der Waals surface area contributed by atoms with Crippen LogP contribution in [0.25, 0.3) is 0 Å². The molecule has 0 aromatic heterocycles. The predicted octanol–water partition coefficient (Wildman–Crippen LogP) is 1.92. The Balaban J connectivity index is 2.92. The SMILES string of the molecule is CC(C)N(C(=O)c1ccccc1)[C@H](C)CO. The van der Waals surface area contributed by atoms with Gasteiger partial charge in [-0.05, 0) is 32.9 Å². The quantitative estimate of drug-likeness (QED) is 0.843. The molecule has 0 aliphatic heterocycles. The lowest BCUT2D eigenvalue weighted by Crippen LogP contribution is -2.45. The fourth-order valence-corrected chi connectivity index (χ4v) is 1.76. The molecule has 0 unspecified atom stereocenters. The highest BCUT2D eigenvalue weighted by Crippen LogP contribution is 2.11. The maximum absolute atomic E-state index is 12.2. The van der Waals surface area contributed by atoms with Crippen molar-refractivity contribution in [3.05, 3.63) is 35.9 Å². The molecule has 0 radical (unpaired) electrons. The van der Waals surface area contributed by atoms with Gasteiger partial charge in [0.2, 0.25) is 0 Å². The highest BCUT2D eigenvalue weighted by Gasteiger charge is 2.23. The van der Waals surface area contributed by atoms with E-state index in [-0.39, 0.29) is 24.6 Å². The van der Waals surface area contributed by atoms with E-state index >= 15 is 0 Å². The molecule has 1 rings (SSSR count). The Morgan fingerprint density at radius 3 is 2.25 bits per heavy atom. The summed E-state index contributed by atoms with van der Waals surface area (Å²) in [5.41, 5.74) is 0.663. The van der Waals surface area contributed by atoms with E-state index in [2.05, 4.69) is 0 Å². The highest BCUT2D eigenvalue weighted by molar-refractivity contribution is 5.94. The summed E-state index contributed by atoms with van der Waals surface area (Å²) >= 11 is 0. The number of nitrogens with zero attached hydrogens (tertiary/aromatic N) is 1. The number of hydrogen-bond donors (Lipinski definition) is 1. The number of carbonyl (C=O) groups is 1. The molecule has 88 valence electrons. The number of carbonyl (C=O) groups excluding carboxylic acids is 1. The lowest BCUT2D eigenvalue weighted by molar-refractivity contribution is 0.0539. The van der Waals surface area contributed by atoms with Crippen LogP contribution in [-0.2, 0) is 0 Å². The first kappa shape index (κ1) is 12.7. The minimum absolute atomic E-state index is 0.0171. The van der Waals surface area contributed by atoms with Crippen LogP contribution in [0.15, 0.2) is 30.3 Å². The van der Waals surface area contributed by atoms with Gasteiger partial charge in [-0.3, -0.25) is 4.79 Å². The number of hydrogen-bond acceptors (Lipinski definition) is 2. The van der Waals surface area contributed by atoms with Crippen LogP contribution in [0.1, 0.15) is 31.1 Å². The van der Waals surface area contributed by atoms with Crippen molar-refractivity contribution in [1.82, 2.24) is 4.90 Å². The Bertz CT molecular complexity index is 335. The topological polar surface area (TPSA) is 40.5 Å². The van der Waals surface area contributed by atoms with Crippen molar-refractivity contribution in [1.29, 1.82) is 0 Å². The van der Waals surface area contributed by atoms with E-state index in [0.717, 1.165) is 0 Å². The van der Waals surface area contributed by atoms with Gasteiger partial charge in [0, 0.05) is 11.6 Å². The van der Waals surface area contributed by atoms with Gasteiger partial charge < -0.3 is 10.0 Å². The molecule has 1 atom stereocenters. The van der Waals surface area contributed by atoms with E-state index in [9.17, 15) is 4.79 Å². The Kier molecular flexibility index (Phi) is 4.50. The Labute approximate surface area is 96.7 Å². The monoisotopic (exact) mass is 221 g/mol. The van der Waals surface area contributed by atoms with Crippen molar-refractivity contribution >= 4 is 5.91 Å². The van der Waals surface area contributed by atoms with Crippen molar-refractivity contribution in [2.45, 2.75) is 32.9 Å². The van der Waals surface area contributed by atoms with Crippen LogP contribution in [-0.4, -0.2) is 34.6 Å². The maximum Gasteiger partial charge on any atom is 0.254 e. The van der Waals surface area contributed by atoms with Gasteiger partial charge >= 0.3 is 0 Å². The zero-order chi connectivity index (χ0) is 12.1. The lowest BCUT2D eigenvalue weighted by atomic mass is 10.1. The summed E-state index contributed by atoms with van der Waals surface area (Å²) in [6.07, 6.45) is 0. The molecular formula is C13H19NO2. The number of benzene rings is 1. The van der Waals surface area contributed by atoms with Crippen LogP contribution in [0.3, 0.4) is 0 Å². The summed E-state index contributed by atoms with van der Waals surface area (Å²) in [5.74, 6) is -0.0304. The van der Waals surface area contributed by atoms with E-state index < -0.39 is 0 Å². The average Bonchev–Trinajstić information content (AvgIpc) is 2.29. The zero-order valence-electron chi connectivity index (χ0n) is 10.1. The summed E-state index contributed by atoms with van der Waals surface area (Å²) in [5, 5.41) is 9.16. The first-order valence-corrected chi connectivity index (χ1v) is 5.56. The van der Waals surface area contributed by atoms with Crippen LogP contribution in [0.5, 0.6) is 0 Å². The standard InChI is InChI=1S/C13H19NO2/c1-10(2)14(11(3)9-15)13(16)12-7-5-4-6-8-12/h4-8,10-11,15H,9H2,1-3H3/t11-/m1/s1. The second-order valence-electron chi connectivity index (χ2n) is 4.20. The smallest absolute Gasteiger partial charge is 0.254 e. The van der Waals surface area contributed by atoms with Crippen molar-refractivity contribution in [2.75, 3.05) is 6.61 Å². The molecule has 1 aromatic rings. The van der Waals surface area contributed by atoms with Crippen LogP contribution >= 0.6 is 0 Å². The van der Waals surface area contributed by atoms with E-state index in [1.165, 1.54) is 0 Å². The third-order valence-electron chi connectivity index (χ3n) is 2.55. The molecular weight excluding hydrogens is 202 g/mol. The number of amides is 1. The lowest BCUT2D eigenvalue weighted by Gasteiger charge is -2.31. The van der Waals surface area contributed by atoms with Gasteiger partial charge in [-0.1, -0.05) is 18.2 Å². The molecule has 1 N–H and O–H groups in total. The van der Waals surface area contributed by atoms with Crippen LogP contribution in [0.2, 0.25) is 0 Å².